The number of hydrogen-bond donors (Lipinski definition) is 2. The number of ether oxygens (including phenoxy) is 1. The first-order valence-corrected chi connectivity index (χ1v) is 9.55. The van der Waals surface area contributed by atoms with Gasteiger partial charge in [0.25, 0.3) is 0 Å². The van der Waals surface area contributed by atoms with Gasteiger partial charge in [-0.2, -0.15) is 0 Å². The molecule has 0 spiro atoms. The third-order valence-corrected chi connectivity index (χ3v) is 5.21. The molecular formula is C22H31Cl2N3O2. The van der Waals surface area contributed by atoms with E-state index in [0.29, 0.717) is 0 Å². The second kappa shape index (κ2) is 12.2. The van der Waals surface area contributed by atoms with Gasteiger partial charge in [0, 0.05) is 31.4 Å². The van der Waals surface area contributed by atoms with E-state index in [0.717, 1.165) is 49.7 Å². The second-order valence-corrected chi connectivity index (χ2v) is 7.25. The number of benzene rings is 2. The summed E-state index contributed by atoms with van der Waals surface area (Å²) in [6, 6.07) is 15.7. The van der Waals surface area contributed by atoms with Crippen molar-refractivity contribution in [3.8, 4) is 0 Å². The van der Waals surface area contributed by atoms with Gasteiger partial charge in [0.2, 0.25) is 5.91 Å². The third kappa shape index (κ3) is 6.98. The van der Waals surface area contributed by atoms with Crippen LogP contribution in [0.3, 0.4) is 0 Å². The lowest BCUT2D eigenvalue weighted by Crippen LogP contribution is -2.35. The average molecular weight is 440 g/mol. The number of morpholine rings is 1. The molecule has 0 saturated carbocycles. The molecule has 2 atom stereocenters. The first-order valence-electron chi connectivity index (χ1n) is 9.55. The number of nitrogens with zero attached hydrogens (tertiary/aromatic N) is 1. The van der Waals surface area contributed by atoms with Crippen molar-refractivity contribution in [2.45, 2.75) is 26.4 Å². The second-order valence-electron chi connectivity index (χ2n) is 7.25. The summed E-state index contributed by atoms with van der Waals surface area (Å²) in [7, 11) is 0. The summed E-state index contributed by atoms with van der Waals surface area (Å²) in [5.74, 6) is -0.382. The minimum Gasteiger partial charge on any atom is -0.379 e. The van der Waals surface area contributed by atoms with Gasteiger partial charge in [-0.25, -0.2) is 0 Å². The van der Waals surface area contributed by atoms with Crippen molar-refractivity contribution in [1.29, 1.82) is 0 Å². The molecule has 0 aliphatic carbocycles. The number of nitrogens with one attached hydrogen (secondary N) is 1. The Kier molecular flexibility index (Phi) is 10.6. The molecule has 1 amide bonds. The van der Waals surface area contributed by atoms with Crippen molar-refractivity contribution in [1.82, 2.24) is 4.90 Å². The van der Waals surface area contributed by atoms with Crippen LogP contribution >= 0.6 is 24.8 Å². The summed E-state index contributed by atoms with van der Waals surface area (Å²) in [4.78, 5) is 15.1. The molecule has 2 aromatic carbocycles. The first kappa shape index (κ1) is 25.4. The molecule has 1 fully saturated rings. The van der Waals surface area contributed by atoms with Crippen molar-refractivity contribution in [2.24, 2.45) is 11.7 Å². The highest BCUT2D eigenvalue weighted by Crippen LogP contribution is 2.23. The highest BCUT2D eigenvalue weighted by Gasteiger charge is 2.22. The van der Waals surface area contributed by atoms with E-state index in [2.05, 4.69) is 28.4 Å². The predicted octanol–water partition coefficient (Wildman–Crippen LogP) is 3.95. The van der Waals surface area contributed by atoms with E-state index < -0.39 is 0 Å². The van der Waals surface area contributed by atoms with Crippen molar-refractivity contribution in [2.75, 3.05) is 31.6 Å². The van der Waals surface area contributed by atoms with Gasteiger partial charge in [0.15, 0.2) is 0 Å². The lowest BCUT2D eigenvalue weighted by atomic mass is 9.94. The smallest absolute Gasteiger partial charge is 0.229 e. The van der Waals surface area contributed by atoms with Gasteiger partial charge in [0.1, 0.15) is 0 Å². The summed E-state index contributed by atoms with van der Waals surface area (Å²) < 4.78 is 5.41. The number of aryl methyl sites for hydroxylation is 1. The van der Waals surface area contributed by atoms with E-state index >= 15 is 0 Å². The summed E-state index contributed by atoms with van der Waals surface area (Å²) in [6.07, 6.45) is 0. The Bertz CT molecular complexity index is 768. The molecule has 1 saturated heterocycles. The number of nitrogens with two attached hydrogens (primary N) is 1. The van der Waals surface area contributed by atoms with Gasteiger partial charge in [0.05, 0.1) is 19.1 Å². The third-order valence-electron chi connectivity index (χ3n) is 5.21. The van der Waals surface area contributed by atoms with Crippen LogP contribution in [0.25, 0.3) is 0 Å². The molecule has 1 aliphatic heterocycles. The van der Waals surface area contributed by atoms with Crippen LogP contribution in [-0.2, 0) is 16.1 Å². The van der Waals surface area contributed by atoms with Crippen LogP contribution in [0.1, 0.15) is 29.7 Å². The number of carbonyl (C=O) groups excluding carboxylic acids is 1. The highest BCUT2D eigenvalue weighted by molar-refractivity contribution is 5.93. The lowest BCUT2D eigenvalue weighted by Gasteiger charge is -2.27. The molecule has 0 aromatic heterocycles. The fraction of sp³-hybridized carbons (Fsp3) is 0.409. The van der Waals surface area contributed by atoms with E-state index in [1.807, 2.05) is 44.2 Å². The van der Waals surface area contributed by atoms with E-state index in [-0.39, 0.29) is 42.7 Å². The number of anilines is 1. The Labute approximate surface area is 185 Å². The number of carbonyl (C=O) groups is 1. The SMILES string of the molecule is Cc1ccc(CN2CCOCC2)cc1NC(=O)C(C)C(N)c1ccccc1.Cl.Cl. The largest absolute Gasteiger partial charge is 0.379 e. The summed E-state index contributed by atoms with van der Waals surface area (Å²) in [5, 5.41) is 3.08. The topological polar surface area (TPSA) is 67.6 Å². The maximum Gasteiger partial charge on any atom is 0.229 e. The van der Waals surface area contributed by atoms with Crippen LogP contribution in [0.2, 0.25) is 0 Å². The Morgan fingerprint density at radius 3 is 2.45 bits per heavy atom. The molecular weight excluding hydrogens is 409 g/mol. The van der Waals surface area contributed by atoms with Crippen LogP contribution in [0, 0.1) is 12.8 Å². The van der Waals surface area contributed by atoms with Crippen LogP contribution in [0.4, 0.5) is 5.69 Å². The first-order chi connectivity index (χ1) is 13.0. The molecule has 0 radical (unpaired) electrons. The number of halogens is 2. The van der Waals surface area contributed by atoms with E-state index in [1.54, 1.807) is 0 Å². The summed E-state index contributed by atoms with van der Waals surface area (Å²) in [5.41, 5.74) is 10.4. The zero-order valence-electron chi connectivity index (χ0n) is 17.0. The molecule has 2 aromatic rings. The maximum absolute atomic E-state index is 12.8. The predicted molar refractivity (Wildman–Crippen MR) is 123 cm³/mol. The van der Waals surface area contributed by atoms with Gasteiger partial charge in [-0.1, -0.05) is 49.4 Å². The van der Waals surface area contributed by atoms with Crippen molar-refractivity contribution in [3.05, 3.63) is 65.2 Å². The van der Waals surface area contributed by atoms with Crippen molar-refractivity contribution in [3.63, 3.8) is 0 Å². The molecule has 29 heavy (non-hydrogen) atoms. The van der Waals surface area contributed by atoms with Crippen molar-refractivity contribution < 1.29 is 9.53 Å². The standard InChI is InChI=1S/C22H29N3O2.2ClH/c1-16-8-9-18(15-25-10-12-27-13-11-25)14-20(16)24-22(26)17(2)21(23)19-6-4-3-5-7-19;;/h3-9,14,17,21H,10-13,15,23H2,1-2H3,(H,24,26);2*1H. The average Bonchev–Trinajstić information content (AvgIpc) is 2.70. The molecule has 1 heterocycles. The molecule has 0 bridgehead atoms. The molecule has 160 valence electrons. The quantitative estimate of drug-likeness (QED) is 0.714. The number of amides is 1. The van der Waals surface area contributed by atoms with Crippen molar-refractivity contribution >= 4 is 36.4 Å². The minimum atomic E-state index is -0.331. The number of rotatable bonds is 6. The fourth-order valence-electron chi connectivity index (χ4n) is 3.29. The van der Waals surface area contributed by atoms with E-state index in [4.69, 9.17) is 10.5 Å². The Morgan fingerprint density at radius 2 is 1.79 bits per heavy atom. The van der Waals surface area contributed by atoms with Crippen LogP contribution in [-0.4, -0.2) is 37.1 Å². The zero-order valence-corrected chi connectivity index (χ0v) is 18.6. The normalized spacial score (nSPS) is 16.1. The van der Waals surface area contributed by atoms with Gasteiger partial charge in [-0.15, -0.1) is 24.8 Å². The van der Waals surface area contributed by atoms with Crippen LogP contribution < -0.4 is 11.1 Å². The molecule has 7 heteroatoms. The molecule has 2 unspecified atom stereocenters. The van der Waals surface area contributed by atoms with Crippen LogP contribution in [0.5, 0.6) is 0 Å². The number of hydrogen-bond acceptors (Lipinski definition) is 4. The van der Waals surface area contributed by atoms with Gasteiger partial charge in [-0.3, -0.25) is 9.69 Å². The summed E-state index contributed by atoms with van der Waals surface area (Å²) in [6.45, 7) is 8.20. The highest BCUT2D eigenvalue weighted by atomic mass is 35.5. The molecule has 3 rings (SSSR count). The fourth-order valence-corrected chi connectivity index (χ4v) is 3.29. The molecule has 3 N–H and O–H groups in total. The maximum atomic E-state index is 12.8. The van der Waals surface area contributed by atoms with Gasteiger partial charge >= 0.3 is 0 Å². The Balaban J connectivity index is 0.00000210. The van der Waals surface area contributed by atoms with Crippen LogP contribution in [0.15, 0.2) is 48.5 Å². The monoisotopic (exact) mass is 439 g/mol. The zero-order chi connectivity index (χ0) is 19.2. The molecule has 5 nitrogen and oxygen atoms in total. The van der Waals surface area contributed by atoms with E-state index in [1.165, 1.54) is 5.56 Å². The summed E-state index contributed by atoms with van der Waals surface area (Å²) >= 11 is 0. The van der Waals surface area contributed by atoms with Gasteiger partial charge < -0.3 is 15.8 Å². The van der Waals surface area contributed by atoms with E-state index in [9.17, 15) is 4.79 Å². The Hall–Kier alpha value is -1.63. The Morgan fingerprint density at radius 1 is 1.14 bits per heavy atom. The minimum absolute atomic E-state index is 0. The lowest BCUT2D eigenvalue weighted by molar-refractivity contribution is -0.120. The van der Waals surface area contributed by atoms with Gasteiger partial charge in [-0.05, 0) is 29.7 Å². The molecule has 1 aliphatic rings.